The van der Waals surface area contributed by atoms with Gasteiger partial charge in [-0.05, 0) is 56.5 Å². The second-order valence-electron chi connectivity index (χ2n) is 10.6. The number of hydrogen-bond donors (Lipinski definition) is 3. The van der Waals surface area contributed by atoms with E-state index in [1.54, 1.807) is 0 Å². The van der Waals surface area contributed by atoms with E-state index >= 15 is 4.11 Å². The average molecular weight is 506 g/mol. The third kappa shape index (κ3) is 7.34. The van der Waals surface area contributed by atoms with Crippen LogP contribution in [0.5, 0.6) is 0 Å². The molecule has 2 rings (SSSR count). The molecule has 0 atom stereocenters. The number of hydrogen-bond acceptors (Lipinski definition) is 3. The summed E-state index contributed by atoms with van der Waals surface area (Å²) in [7, 11) is -5.28. The molecule has 0 heterocycles. The van der Waals surface area contributed by atoms with E-state index in [-0.39, 0.29) is 24.3 Å². The topological polar surface area (TPSA) is 60.7 Å². The zero-order valence-corrected chi connectivity index (χ0v) is 24.5. The molecule has 0 bridgehead atoms. The first-order chi connectivity index (χ1) is 15.8. The van der Waals surface area contributed by atoms with Crippen molar-refractivity contribution in [2.75, 3.05) is 13.2 Å². The van der Waals surface area contributed by atoms with Crippen LogP contribution in [0.2, 0.25) is 22.2 Å². The van der Waals surface area contributed by atoms with E-state index in [9.17, 15) is 4.80 Å². The molecular weight excluding hydrogens is 458 g/mol. The molecule has 0 amide bonds. The van der Waals surface area contributed by atoms with Gasteiger partial charge in [-0.25, -0.2) is 0 Å². The van der Waals surface area contributed by atoms with E-state index in [1.165, 1.54) is 0 Å². The van der Waals surface area contributed by atoms with Crippen LogP contribution < -0.4 is 10.4 Å². The van der Waals surface area contributed by atoms with Gasteiger partial charge < -0.3 is 19.1 Å². The van der Waals surface area contributed by atoms with Crippen molar-refractivity contribution in [3.05, 3.63) is 59.7 Å². The normalized spacial score (nSPS) is 12.5. The Hall–Kier alpha value is -1.32. The number of benzene rings is 2. The zero-order valence-electron chi connectivity index (χ0n) is 22.5. The summed E-state index contributed by atoms with van der Waals surface area (Å²) in [6.07, 6.45) is 1.33. The van der Waals surface area contributed by atoms with Crippen LogP contribution >= 0.6 is 0 Å². The minimum absolute atomic E-state index is 0.0891. The predicted molar refractivity (Wildman–Crippen MR) is 149 cm³/mol. The number of aliphatic hydroxyl groups excluding tert-OH is 2. The van der Waals surface area contributed by atoms with Gasteiger partial charge in [0, 0.05) is 13.2 Å². The van der Waals surface area contributed by atoms with Gasteiger partial charge in [-0.3, -0.25) is 0 Å². The lowest BCUT2D eigenvalue weighted by Gasteiger charge is -2.33. The largest absolute Gasteiger partial charge is 0.427 e. The van der Waals surface area contributed by atoms with Crippen molar-refractivity contribution < 1.29 is 19.1 Å². The molecule has 0 saturated carbocycles. The molecule has 0 saturated heterocycles. The van der Waals surface area contributed by atoms with Crippen molar-refractivity contribution in [1.82, 2.24) is 0 Å². The Morgan fingerprint density at radius 3 is 1.18 bits per heavy atom. The zero-order chi connectivity index (χ0) is 26.1. The van der Waals surface area contributed by atoms with Gasteiger partial charge in [0.15, 0.2) is 0 Å². The van der Waals surface area contributed by atoms with E-state index in [4.69, 9.17) is 10.2 Å². The highest BCUT2D eigenvalue weighted by Gasteiger charge is 2.43. The van der Waals surface area contributed by atoms with Gasteiger partial charge in [0.2, 0.25) is 8.32 Å². The van der Waals surface area contributed by atoms with Gasteiger partial charge in [-0.1, -0.05) is 104 Å². The molecule has 192 valence electrons. The summed E-state index contributed by atoms with van der Waals surface area (Å²) in [6.45, 7) is 16.7. The monoisotopic (exact) mass is 505 g/mol. The lowest BCUT2D eigenvalue weighted by atomic mass is 10.2. The molecule has 6 heteroatoms. The first kappa shape index (κ1) is 30.7. The first-order valence-electron chi connectivity index (χ1n) is 12.7. The highest BCUT2D eigenvalue weighted by molar-refractivity contribution is 6.88. The van der Waals surface area contributed by atoms with Crippen LogP contribution in [0, 0.1) is 0 Å². The van der Waals surface area contributed by atoms with Crippen LogP contribution in [0.4, 0.5) is 4.11 Å². The molecule has 0 fully saturated rings. The van der Waals surface area contributed by atoms with E-state index in [1.807, 2.05) is 76.2 Å². The van der Waals surface area contributed by atoms with Gasteiger partial charge in [-0.2, -0.15) is 0 Å². The summed E-state index contributed by atoms with van der Waals surface area (Å²) in [5.74, 6) is 0. The lowest BCUT2D eigenvalue weighted by molar-refractivity contribution is 0.299. The van der Waals surface area contributed by atoms with Gasteiger partial charge in [0.1, 0.15) is 0 Å². The van der Waals surface area contributed by atoms with Crippen LogP contribution in [0.15, 0.2) is 48.5 Å². The predicted octanol–water partition coefficient (Wildman–Crippen LogP) is 5.35. The Bertz CT molecular complexity index is 746. The van der Waals surface area contributed by atoms with Crippen LogP contribution in [0.3, 0.4) is 0 Å². The van der Waals surface area contributed by atoms with Gasteiger partial charge in [-0.15, -0.1) is 0 Å². The summed E-state index contributed by atoms with van der Waals surface area (Å²) < 4.78 is 15.2. The van der Waals surface area contributed by atoms with Crippen molar-refractivity contribution >= 4 is 27.1 Å². The van der Waals surface area contributed by atoms with Crippen molar-refractivity contribution in [3.8, 4) is 0 Å². The van der Waals surface area contributed by atoms with Crippen LogP contribution in [0.25, 0.3) is 0 Å². The summed E-state index contributed by atoms with van der Waals surface area (Å²) in [5.41, 5.74) is 3.00. The summed E-state index contributed by atoms with van der Waals surface area (Å²) in [6, 6.07) is 15.8. The Morgan fingerprint density at radius 1 is 0.588 bits per heavy atom. The summed E-state index contributed by atoms with van der Waals surface area (Å²) in [4.78, 5) is 10.9. The van der Waals surface area contributed by atoms with E-state index in [0.29, 0.717) is 23.9 Å². The van der Waals surface area contributed by atoms with E-state index in [2.05, 4.69) is 27.7 Å². The standard InChI is InChI=1S/C14H23FOSi.C14H24O2Si/c1-11(2)17(15,12(3)4)14-7-5-13(6-8-14)9-10-16;1-11(2)17(16,12(3)4)14-7-5-13(6-8-14)9-10-15/h5-8,11-12,16H,9-10H2,1-4H3;5-8,11-12,15-16H,9-10H2,1-4H3/i15-1;. The molecular formula is C28H47FO3Si2. The third-order valence-electron chi connectivity index (χ3n) is 7.05. The van der Waals surface area contributed by atoms with Crippen LogP contribution in [-0.2, 0) is 12.8 Å². The maximum atomic E-state index is 15.2. The molecule has 0 aliphatic carbocycles. The fourth-order valence-corrected chi connectivity index (χ4v) is 11.5. The molecule has 0 radical (unpaired) electrons. The molecule has 0 aliphatic rings. The van der Waals surface area contributed by atoms with Gasteiger partial charge in [0.05, 0.1) is 0 Å². The maximum Gasteiger partial charge on any atom is 0.282 e. The Kier molecular flexibility index (Phi) is 12.4. The minimum Gasteiger partial charge on any atom is -0.427 e. The lowest BCUT2D eigenvalue weighted by Crippen LogP contribution is -2.53. The molecule has 3 N–H and O–H groups in total. The molecule has 2 aromatic rings. The molecule has 0 spiro atoms. The fourth-order valence-electron chi connectivity index (χ4n) is 4.79. The quantitative estimate of drug-likeness (QED) is 0.301. The SMILES string of the molecule is CC(C)[Si](O)(c1ccc(CCO)cc1)C(C)C.CC(C)[Si]([18F])(c1ccc(CCO)cc1)C(C)C. The number of rotatable bonds is 10. The second-order valence-corrected chi connectivity index (χ2v) is 19.5. The molecule has 2 aromatic carbocycles. The van der Waals surface area contributed by atoms with Crippen molar-refractivity contribution in [1.29, 1.82) is 0 Å². The second kappa shape index (κ2) is 13.7. The van der Waals surface area contributed by atoms with Crippen LogP contribution in [-0.4, -0.2) is 44.9 Å². The van der Waals surface area contributed by atoms with Crippen molar-refractivity contribution in [2.45, 2.75) is 90.4 Å². The smallest absolute Gasteiger partial charge is 0.282 e. The highest BCUT2D eigenvalue weighted by Crippen LogP contribution is 2.33. The molecule has 0 aromatic heterocycles. The van der Waals surface area contributed by atoms with Crippen molar-refractivity contribution in [3.63, 3.8) is 0 Å². The van der Waals surface area contributed by atoms with Crippen LogP contribution in [0.1, 0.15) is 66.5 Å². The molecule has 3 nitrogen and oxygen atoms in total. The van der Waals surface area contributed by atoms with Gasteiger partial charge in [0.25, 0.3) is 8.41 Å². The van der Waals surface area contributed by atoms with Crippen molar-refractivity contribution in [2.24, 2.45) is 0 Å². The van der Waals surface area contributed by atoms with Gasteiger partial charge >= 0.3 is 0 Å². The molecule has 0 unspecified atom stereocenters. The number of halogens is 1. The Morgan fingerprint density at radius 2 is 0.912 bits per heavy atom. The summed E-state index contributed by atoms with van der Waals surface area (Å²) in [5, 5.41) is 19.7. The first-order valence-corrected chi connectivity index (χ1v) is 16.8. The highest BCUT2D eigenvalue weighted by atomic mass is 28.4. The van der Waals surface area contributed by atoms with E-state index < -0.39 is 16.7 Å². The fraction of sp³-hybridized carbons (Fsp3) is 0.571. The number of aliphatic hydroxyl groups is 2. The minimum atomic E-state index is -2.89. The molecule has 0 aliphatic heterocycles. The Labute approximate surface area is 209 Å². The van der Waals surface area contributed by atoms with E-state index in [0.717, 1.165) is 21.5 Å². The Balaban J connectivity index is 0.000000340. The third-order valence-corrected chi connectivity index (χ3v) is 16.4. The maximum absolute atomic E-state index is 15.2. The molecule has 34 heavy (non-hydrogen) atoms. The average Bonchev–Trinajstić information content (AvgIpc) is 2.79. The summed E-state index contributed by atoms with van der Waals surface area (Å²) >= 11 is 0.